The molecular formula is C16H18N2O5. The van der Waals surface area contributed by atoms with E-state index in [2.05, 4.69) is 0 Å². The first-order chi connectivity index (χ1) is 11.0. The highest BCUT2D eigenvalue weighted by Crippen LogP contribution is 2.22. The van der Waals surface area contributed by atoms with Gasteiger partial charge in [-0.2, -0.15) is 0 Å². The second-order valence-electron chi connectivity index (χ2n) is 5.11. The fraction of sp³-hybridized carbons (Fsp3) is 0.375. The molecule has 1 heterocycles. The van der Waals surface area contributed by atoms with Crippen molar-refractivity contribution in [1.29, 1.82) is 0 Å². The highest BCUT2D eigenvalue weighted by molar-refractivity contribution is 6.21. The van der Waals surface area contributed by atoms with Crippen molar-refractivity contribution in [3.63, 3.8) is 0 Å². The predicted octanol–water partition coefficient (Wildman–Crippen LogP) is 0.694. The zero-order chi connectivity index (χ0) is 17.0. The van der Waals surface area contributed by atoms with E-state index < -0.39 is 17.8 Å². The fourth-order valence-corrected chi connectivity index (χ4v) is 2.33. The number of nitrogens with zero attached hydrogens (tertiary/aromatic N) is 2. The predicted molar refractivity (Wildman–Crippen MR) is 80.7 cm³/mol. The van der Waals surface area contributed by atoms with Crippen molar-refractivity contribution >= 4 is 23.7 Å². The maximum Gasteiger partial charge on any atom is 0.325 e. The quantitative estimate of drug-likeness (QED) is 0.569. The standard InChI is InChI=1S/C16H18N2O5/c1-3-23-14(20)10-17(2)13(19)8-9-18-15(21)11-6-4-5-7-12(11)16(18)22/h4-7H,3,8-10H2,1-2H3. The van der Waals surface area contributed by atoms with Gasteiger partial charge < -0.3 is 9.64 Å². The smallest absolute Gasteiger partial charge is 0.325 e. The highest BCUT2D eigenvalue weighted by Gasteiger charge is 2.35. The van der Waals surface area contributed by atoms with Crippen LogP contribution in [0.3, 0.4) is 0 Å². The average Bonchev–Trinajstić information content (AvgIpc) is 2.77. The van der Waals surface area contributed by atoms with Gasteiger partial charge in [-0.1, -0.05) is 12.1 Å². The highest BCUT2D eigenvalue weighted by atomic mass is 16.5. The molecule has 0 aromatic heterocycles. The molecule has 1 aromatic rings. The largest absolute Gasteiger partial charge is 0.465 e. The van der Waals surface area contributed by atoms with E-state index in [-0.39, 0.29) is 32.0 Å². The number of hydrogen-bond donors (Lipinski definition) is 0. The molecule has 1 aliphatic heterocycles. The molecule has 0 radical (unpaired) electrons. The van der Waals surface area contributed by atoms with Gasteiger partial charge >= 0.3 is 5.97 Å². The Balaban J connectivity index is 1.92. The van der Waals surface area contributed by atoms with Gasteiger partial charge in [0.15, 0.2) is 0 Å². The topological polar surface area (TPSA) is 84.0 Å². The summed E-state index contributed by atoms with van der Waals surface area (Å²) in [6.07, 6.45) is -0.0403. The van der Waals surface area contributed by atoms with Crippen LogP contribution in [0.4, 0.5) is 0 Å². The molecular weight excluding hydrogens is 300 g/mol. The lowest BCUT2D eigenvalue weighted by atomic mass is 10.1. The second-order valence-corrected chi connectivity index (χ2v) is 5.11. The molecule has 3 amide bonds. The van der Waals surface area contributed by atoms with E-state index in [0.29, 0.717) is 11.1 Å². The average molecular weight is 318 g/mol. The maximum atomic E-state index is 12.2. The molecule has 2 rings (SSSR count). The Morgan fingerprint density at radius 1 is 1.13 bits per heavy atom. The van der Waals surface area contributed by atoms with Crippen LogP contribution in [0, 0.1) is 0 Å². The van der Waals surface area contributed by atoms with Gasteiger partial charge in [0.2, 0.25) is 5.91 Å². The summed E-state index contributed by atoms with van der Waals surface area (Å²) in [7, 11) is 1.47. The Bertz CT molecular complexity index is 621. The van der Waals surface area contributed by atoms with Crippen LogP contribution in [0.2, 0.25) is 0 Å². The third-order valence-corrected chi connectivity index (χ3v) is 3.52. The number of ether oxygens (including phenoxy) is 1. The molecule has 0 saturated carbocycles. The normalized spacial score (nSPS) is 13.0. The van der Waals surface area contributed by atoms with Crippen molar-refractivity contribution < 1.29 is 23.9 Å². The van der Waals surface area contributed by atoms with Crippen molar-refractivity contribution in [1.82, 2.24) is 9.80 Å². The molecule has 0 bridgehead atoms. The second kappa shape index (κ2) is 7.04. The van der Waals surface area contributed by atoms with Crippen LogP contribution in [0.1, 0.15) is 34.1 Å². The molecule has 1 aliphatic rings. The van der Waals surface area contributed by atoms with Gasteiger partial charge in [-0.05, 0) is 19.1 Å². The first kappa shape index (κ1) is 16.7. The number of esters is 1. The number of rotatable bonds is 6. The van der Waals surface area contributed by atoms with Gasteiger partial charge in [0.25, 0.3) is 11.8 Å². The van der Waals surface area contributed by atoms with Crippen molar-refractivity contribution in [3.05, 3.63) is 35.4 Å². The zero-order valence-electron chi connectivity index (χ0n) is 13.1. The number of benzene rings is 1. The number of likely N-dealkylation sites (N-methyl/N-ethyl adjacent to an activating group) is 1. The summed E-state index contributed by atoms with van der Waals surface area (Å²) in [5.74, 6) is -1.63. The van der Waals surface area contributed by atoms with Gasteiger partial charge in [0.05, 0.1) is 17.7 Å². The Labute approximate surface area is 133 Å². The minimum atomic E-state index is -0.496. The summed E-state index contributed by atoms with van der Waals surface area (Å²) in [5, 5.41) is 0. The fourth-order valence-electron chi connectivity index (χ4n) is 2.33. The van der Waals surface area contributed by atoms with Crippen LogP contribution >= 0.6 is 0 Å². The molecule has 0 spiro atoms. The van der Waals surface area contributed by atoms with Gasteiger partial charge in [-0.3, -0.25) is 24.1 Å². The van der Waals surface area contributed by atoms with Crippen LogP contribution in [0.15, 0.2) is 24.3 Å². The van der Waals surface area contributed by atoms with Crippen molar-refractivity contribution in [3.8, 4) is 0 Å². The van der Waals surface area contributed by atoms with E-state index in [9.17, 15) is 19.2 Å². The van der Waals surface area contributed by atoms with Gasteiger partial charge in [0, 0.05) is 20.0 Å². The Morgan fingerprint density at radius 3 is 2.22 bits per heavy atom. The summed E-state index contributed by atoms with van der Waals surface area (Å²) < 4.78 is 4.77. The maximum absolute atomic E-state index is 12.2. The summed E-state index contributed by atoms with van der Waals surface area (Å²) in [4.78, 5) is 49.9. The molecule has 122 valence electrons. The third kappa shape index (κ3) is 3.56. The van der Waals surface area contributed by atoms with Gasteiger partial charge in [-0.25, -0.2) is 0 Å². The monoisotopic (exact) mass is 318 g/mol. The van der Waals surface area contributed by atoms with E-state index in [1.807, 2.05) is 0 Å². The number of amides is 3. The van der Waals surface area contributed by atoms with Crippen molar-refractivity contribution in [2.75, 3.05) is 26.7 Å². The van der Waals surface area contributed by atoms with Crippen LogP contribution in [0.25, 0.3) is 0 Å². The molecule has 23 heavy (non-hydrogen) atoms. The van der Waals surface area contributed by atoms with Gasteiger partial charge in [-0.15, -0.1) is 0 Å². The summed E-state index contributed by atoms with van der Waals surface area (Å²) in [6, 6.07) is 6.55. The Hall–Kier alpha value is -2.70. The van der Waals surface area contributed by atoms with Crippen LogP contribution in [-0.2, 0) is 14.3 Å². The van der Waals surface area contributed by atoms with E-state index in [4.69, 9.17) is 4.74 Å². The Kier molecular flexibility index (Phi) is 5.10. The van der Waals surface area contributed by atoms with Crippen LogP contribution < -0.4 is 0 Å². The van der Waals surface area contributed by atoms with Crippen LogP contribution in [0.5, 0.6) is 0 Å². The number of fused-ring (bicyclic) bond motifs is 1. The molecule has 0 fully saturated rings. The van der Waals surface area contributed by atoms with Crippen molar-refractivity contribution in [2.24, 2.45) is 0 Å². The first-order valence-electron chi connectivity index (χ1n) is 7.30. The summed E-state index contributed by atoms with van der Waals surface area (Å²) >= 11 is 0. The molecule has 0 saturated heterocycles. The molecule has 0 aliphatic carbocycles. The van der Waals surface area contributed by atoms with Crippen LogP contribution in [-0.4, -0.2) is 60.2 Å². The molecule has 1 aromatic carbocycles. The summed E-state index contributed by atoms with van der Waals surface area (Å²) in [5.41, 5.74) is 0.703. The Morgan fingerprint density at radius 2 is 1.70 bits per heavy atom. The molecule has 7 heteroatoms. The molecule has 7 nitrogen and oxygen atoms in total. The molecule has 0 atom stereocenters. The molecule has 0 N–H and O–H groups in total. The minimum Gasteiger partial charge on any atom is -0.465 e. The lowest BCUT2D eigenvalue weighted by Crippen LogP contribution is -2.37. The number of hydrogen-bond acceptors (Lipinski definition) is 5. The molecule has 0 unspecified atom stereocenters. The van der Waals surface area contributed by atoms with E-state index in [1.165, 1.54) is 11.9 Å². The zero-order valence-corrected chi connectivity index (χ0v) is 13.1. The number of carbonyl (C=O) groups is 4. The lowest BCUT2D eigenvalue weighted by Gasteiger charge is -2.18. The number of imide groups is 1. The summed E-state index contributed by atoms with van der Waals surface area (Å²) in [6.45, 7) is 1.75. The SMILES string of the molecule is CCOC(=O)CN(C)C(=O)CCN1C(=O)c2ccccc2C1=O. The van der Waals surface area contributed by atoms with E-state index in [1.54, 1.807) is 31.2 Å². The lowest BCUT2D eigenvalue weighted by molar-refractivity contribution is -0.148. The minimum absolute atomic E-state index is 0.0155. The third-order valence-electron chi connectivity index (χ3n) is 3.52. The number of carbonyl (C=O) groups excluding carboxylic acids is 4. The first-order valence-corrected chi connectivity index (χ1v) is 7.30. The van der Waals surface area contributed by atoms with Crippen molar-refractivity contribution in [2.45, 2.75) is 13.3 Å². The van der Waals surface area contributed by atoms with E-state index in [0.717, 1.165) is 4.90 Å². The van der Waals surface area contributed by atoms with Gasteiger partial charge in [0.1, 0.15) is 6.54 Å². The van der Waals surface area contributed by atoms with E-state index >= 15 is 0 Å².